The number of aromatic nitrogens is 5. The molecule has 2 aromatic heterocycles. The van der Waals surface area contributed by atoms with Gasteiger partial charge in [-0.1, -0.05) is 11.8 Å². The number of methoxy groups -OCH3 is 1. The van der Waals surface area contributed by atoms with E-state index in [4.69, 9.17) is 15.0 Å². The normalized spacial score (nSPS) is 10.6. The Labute approximate surface area is 145 Å². The number of hydrogen-bond donors (Lipinski definition) is 2. The molecule has 0 atom stereocenters. The summed E-state index contributed by atoms with van der Waals surface area (Å²) in [6.45, 7) is 0. The predicted octanol–water partition coefficient (Wildman–Crippen LogP) is -0.00460. The Hall–Kier alpha value is -3.21. The van der Waals surface area contributed by atoms with E-state index in [1.54, 1.807) is 31.4 Å². The standard InChI is InChI=1S/C14H12N6O4S/c1-23-9-4-2-8(3-5-9)20-11(12(22)24-19-20)10(21)6-25-14-17-7-16-13(15)18-14/h2-5,7H,6H2,1H3,(H2-,15,16,17,18,19,21,22)/p+1. The Bertz CT molecular complexity index is 952. The lowest BCUT2D eigenvalue weighted by Crippen LogP contribution is -2.41. The maximum absolute atomic E-state index is 12.5. The minimum absolute atomic E-state index is 0.0550. The number of Topliss-reactive ketones (excluding diaryl/α,β-unsaturated/α-hetero) is 1. The smallest absolute Gasteiger partial charge is 0.438 e. The number of aromatic amines is 1. The molecule has 0 saturated heterocycles. The van der Waals surface area contributed by atoms with Crippen LogP contribution in [0.15, 0.2) is 45.1 Å². The number of H-pyrrole nitrogens is 1. The second-order valence-corrected chi connectivity index (χ2v) is 5.64. The van der Waals surface area contributed by atoms with E-state index < -0.39 is 11.4 Å². The fraction of sp³-hybridized carbons (Fsp3) is 0.143. The number of nitrogens with zero attached hydrogens (tertiary/aromatic N) is 4. The van der Waals surface area contributed by atoms with Crippen LogP contribution in [0.25, 0.3) is 5.69 Å². The maximum Gasteiger partial charge on any atom is 0.438 e. The van der Waals surface area contributed by atoms with Crippen molar-refractivity contribution < 1.29 is 18.7 Å². The van der Waals surface area contributed by atoms with Gasteiger partial charge in [0.2, 0.25) is 17.4 Å². The van der Waals surface area contributed by atoms with Gasteiger partial charge < -0.3 is 10.5 Å². The molecule has 1 aromatic carbocycles. The molecule has 0 bridgehead atoms. The molecule has 0 radical (unpaired) electrons. The van der Waals surface area contributed by atoms with Crippen molar-refractivity contribution in [1.29, 1.82) is 0 Å². The van der Waals surface area contributed by atoms with Gasteiger partial charge in [-0.05, 0) is 22.1 Å². The number of nitrogens with one attached hydrogen (secondary N) is 1. The Morgan fingerprint density at radius 2 is 2.12 bits per heavy atom. The molecule has 3 aromatic rings. The first-order valence-electron chi connectivity index (χ1n) is 6.97. The molecule has 3 N–H and O–H groups in total. The first-order chi connectivity index (χ1) is 12.1. The second-order valence-electron chi connectivity index (χ2n) is 4.70. The maximum atomic E-state index is 12.5. The van der Waals surface area contributed by atoms with Crippen molar-refractivity contribution in [1.82, 2.24) is 20.2 Å². The average molecular weight is 361 g/mol. The molecule has 3 rings (SSSR count). The molecule has 0 aliphatic heterocycles. The molecule has 0 aliphatic rings. The second kappa shape index (κ2) is 7.13. The van der Waals surface area contributed by atoms with E-state index in [9.17, 15) is 9.59 Å². The van der Waals surface area contributed by atoms with Gasteiger partial charge in [0.25, 0.3) is 0 Å². The highest BCUT2D eigenvalue weighted by atomic mass is 32.2. The van der Waals surface area contributed by atoms with Crippen molar-refractivity contribution in [3.63, 3.8) is 0 Å². The first-order valence-corrected chi connectivity index (χ1v) is 7.95. The highest BCUT2D eigenvalue weighted by Gasteiger charge is 2.30. The van der Waals surface area contributed by atoms with E-state index >= 15 is 0 Å². The predicted molar refractivity (Wildman–Crippen MR) is 86.7 cm³/mol. The Kier molecular flexibility index (Phi) is 4.75. The van der Waals surface area contributed by atoms with Crippen LogP contribution < -0.4 is 20.8 Å². The zero-order valence-electron chi connectivity index (χ0n) is 13.0. The summed E-state index contributed by atoms with van der Waals surface area (Å²) in [4.78, 5) is 35.8. The summed E-state index contributed by atoms with van der Waals surface area (Å²) < 4.78 is 11.1. The molecule has 0 saturated carbocycles. The number of anilines is 1. The van der Waals surface area contributed by atoms with Gasteiger partial charge in [-0.25, -0.2) is 14.8 Å². The monoisotopic (exact) mass is 361 g/mol. The van der Waals surface area contributed by atoms with Crippen molar-refractivity contribution in [2.75, 3.05) is 18.6 Å². The number of benzene rings is 1. The molecule has 11 heteroatoms. The van der Waals surface area contributed by atoms with Gasteiger partial charge in [-0.3, -0.25) is 9.32 Å². The van der Waals surface area contributed by atoms with Crippen molar-refractivity contribution in [2.24, 2.45) is 0 Å². The largest absolute Gasteiger partial charge is 0.497 e. The first kappa shape index (κ1) is 16.6. The SMILES string of the molecule is COc1ccc(-[n+]2[nH]oc(=O)c2C(=O)CSc2ncnc(N)n2)cc1. The van der Waals surface area contributed by atoms with Crippen molar-refractivity contribution in [2.45, 2.75) is 5.16 Å². The Morgan fingerprint density at radius 3 is 2.80 bits per heavy atom. The molecule has 0 spiro atoms. The van der Waals surface area contributed by atoms with Crippen LogP contribution in [0, 0.1) is 0 Å². The summed E-state index contributed by atoms with van der Waals surface area (Å²) in [5.74, 6) is 0.183. The lowest BCUT2D eigenvalue weighted by atomic mass is 10.2. The molecule has 2 heterocycles. The number of nitrogens with two attached hydrogens (primary N) is 1. The zero-order valence-corrected chi connectivity index (χ0v) is 13.8. The van der Waals surface area contributed by atoms with Crippen LogP contribution in [-0.2, 0) is 0 Å². The topological polar surface area (TPSA) is 141 Å². The van der Waals surface area contributed by atoms with Gasteiger partial charge in [-0.15, -0.1) is 0 Å². The van der Waals surface area contributed by atoms with Gasteiger partial charge in [0.15, 0.2) is 5.16 Å². The Morgan fingerprint density at radius 1 is 1.36 bits per heavy atom. The van der Waals surface area contributed by atoms with E-state index in [1.807, 2.05) is 0 Å². The molecular weight excluding hydrogens is 348 g/mol. The van der Waals surface area contributed by atoms with E-state index in [-0.39, 0.29) is 22.6 Å². The third-order valence-corrected chi connectivity index (χ3v) is 4.00. The summed E-state index contributed by atoms with van der Waals surface area (Å²) in [7, 11) is 1.54. The van der Waals surface area contributed by atoms with Crippen LogP contribution in [0.2, 0.25) is 0 Å². The number of carbonyl (C=O) groups excluding carboxylic acids is 1. The molecule has 10 nitrogen and oxygen atoms in total. The molecule has 0 unspecified atom stereocenters. The van der Waals surface area contributed by atoms with Crippen molar-refractivity contribution >= 4 is 23.5 Å². The fourth-order valence-corrected chi connectivity index (χ4v) is 2.66. The molecule has 128 valence electrons. The van der Waals surface area contributed by atoms with E-state index in [1.165, 1.54) is 11.0 Å². The van der Waals surface area contributed by atoms with Gasteiger partial charge in [0.1, 0.15) is 12.1 Å². The van der Waals surface area contributed by atoms with Crippen molar-refractivity contribution in [3.05, 3.63) is 46.7 Å². The van der Waals surface area contributed by atoms with E-state index in [0.717, 1.165) is 11.8 Å². The van der Waals surface area contributed by atoms with Crippen LogP contribution in [0.3, 0.4) is 0 Å². The summed E-state index contributed by atoms with van der Waals surface area (Å²) in [6, 6.07) is 6.76. The molecule has 0 amide bonds. The molecule has 0 aliphatic carbocycles. The van der Waals surface area contributed by atoms with Crippen LogP contribution in [0.5, 0.6) is 5.75 Å². The number of ether oxygens (including phenoxy) is 1. The van der Waals surface area contributed by atoms with Gasteiger partial charge in [0, 0.05) is 12.1 Å². The molecule has 0 fully saturated rings. The molecular formula is C14H13N6O4S+. The summed E-state index contributed by atoms with van der Waals surface area (Å²) in [5, 5.41) is 2.70. The third kappa shape index (κ3) is 3.66. The minimum atomic E-state index is -0.767. The summed E-state index contributed by atoms with van der Waals surface area (Å²) in [5.41, 5.74) is 5.10. The summed E-state index contributed by atoms with van der Waals surface area (Å²) in [6.07, 6.45) is 1.25. The van der Waals surface area contributed by atoms with E-state index in [2.05, 4.69) is 20.2 Å². The van der Waals surface area contributed by atoms with Crippen LogP contribution >= 0.6 is 11.8 Å². The van der Waals surface area contributed by atoms with Crippen LogP contribution in [-0.4, -0.2) is 38.9 Å². The molecule has 25 heavy (non-hydrogen) atoms. The number of carbonyl (C=O) groups is 1. The number of ketones is 1. The van der Waals surface area contributed by atoms with Gasteiger partial charge >= 0.3 is 11.3 Å². The van der Waals surface area contributed by atoms with Crippen molar-refractivity contribution in [3.8, 4) is 11.4 Å². The van der Waals surface area contributed by atoms with E-state index in [0.29, 0.717) is 11.4 Å². The quantitative estimate of drug-likeness (QED) is 0.352. The zero-order chi connectivity index (χ0) is 17.8. The Balaban J connectivity index is 1.83. The lowest BCUT2D eigenvalue weighted by Gasteiger charge is -1.99. The number of thioether (sulfide) groups is 1. The van der Waals surface area contributed by atoms with Gasteiger partial charge in [-0.2, -0.15) is 4.98 Å². The fourth-order valence-electron chi connectivity index (χ4n) is 1.99. The third-order valence-electron chi connectivity index (χ3n) is 3.14. The highest BCUT2D eigenvalue weighted by molar-refractivity contribution is 7.99. The minimum Gasteiger partial charge on any atom is -0.497 e. The lowest BCUT2D eigenvalue weighted by molar-refractivity contribution is -0.672. The van der Waals surface area contributed by atoms with Crippen LogP contribution in [0.4, 0.5) is 5.95 Å². The average Bonchev–Trinajstić information content (AvgIpc) is 3.01. The number of nitrogen functional groups attached to an aromatic ring is 1. The number of hydrogen-bond acceptors (Lipinski definition) is 9. The van der Waals surface area contributed by atoms with Crippen LogP contribution in [0.1, 0.15) is 10.5 Å². The number of rotatable bonds is 6. The summed E-state index contributed by atoms with van der Waals surface area (Å²) >= 11 is 1.04. The van der Waals surface area contributed by atoms with Gasteiger partial charge in [0.05, 0.1) is 12.9 Å². The highest BCUT2D eigenvalue weighted by Crippen LogP contribution is 2.14.